The van der Waals surface area contributed by atoms with Crippen molar-refractivity contribution in [2.45, 2.75) is 37.3 Å². The van der Waals surface area contributed by atoms with Crippen LogP contribution in [0.25, 0.3) is 10.9 Å². The lowest BCUT2D eigenvalue weighted by Crippen LogP contribution is -2.55. The maximum Gasteiger partial charge on any atom is 0.271 e. The Bertz CT molecular complexity index is 1090. The van der Waals surface area contributed by atoms with E-state index >= 15 is 0 Å². The fourth-order valence-corrected chi connectivity index (χ4v) is 3.55. The van der Waals surface area contributed by atoms with E-state index in [1.165, 1.54) is 6.20 Å². The van der Waals surface area contributed by atoms with E-state index in [0.29, 0.717) is 18.5 Å². The summed E-state index contributed by atoms with van der Waals surface area (Å²) in [6.07, 6.45) is 3.46. The van der Waals surface area contributed by atoms with E-state index in [1.54, 1.807) is 6.20 Å². The normalized spacial score (nSPS) is 20.6. The fourth-order valence-electron chi connectivity index (χ4n) is 3.55. The highest BCUT2D eigenvalue weighted by Crippen LogP contribution is 2.33. The number of halogens is 2. The van der Waals surface area contributed by atoms with E-state index in [9.17, 15) is 13.6 Å². The van der Waals surface area contributed by atoms with Gasteiger partial charge in [0.15, 0.2) is 11.5 Å². The van der Waals surface area contributed by atoms with Gasteiger partial charge in [-0.25, -0.2) is 18.7 Å². The van der Waals surface area contributed by atoms with Gasteiger partial charge in [-0.2, -0.15) is 0 Å². The Hall–Kier alpha value is -3.40. The molecule has 156 valence electrons. The predicted molar refractivity (Wildman–Crippen MR) is 110 cm³/mol. The van der Waals surface area contributed by atoms with Crippen molar-refractivity contribution in [2.75, 3.05) is 10.6 Å². The number of anilines is 3. The van der Waals surface area contributed by atoms with Crippen LogP contribution in [-0.4, -0.2) is 38.9 Å². The number of para-hydroxylation sites is 1. The first-order valence-electron chi connectivity index (χ1n) is 9.52. The summed E-state index contributed by atoms with van der Waals surface area (Å²) in [7, 11) is 0. The minimum absolute atomic E-state index is 0.0769. The summed E-state index contributed by atoms with van der Waals surface area (Å²) in [5, 5.41) is 6.81. The standard InChI is InChI=1S/C20H21F2N7O/c21-20(22)7-3-6-14(17(20)23)28-15-10-26-16(18(24)30)19(29-15)27-12-8-11-4-1-2-5-13(11)25-9-12/h1-2,4-5,8-10,14,17H,3,6-7,23H2,(H2,24,30)(H2,27,28,29)/t14-,17-/m1/s1. The van der Waals surface area contributed by atoms with Crippen molar-refractivity contribution in [3.63, 3.8) is 0 Å². The van der Waals surface area contributed by atoms with Crippen molar-refractivity contribution in [2.24, 2.45) is 11.5 Å². The van der Waals surface area contributed by atoms with E-state index in [4.69, 9.17) is 11.5 Å². The molecule has 0 aliphatic heterocycles. The highest BCUT2D eigenvalue weighted by Gasteiger charge is 2.44. The predicted octanol–water partition coefficient (Wildman–Crippen LogP) is 2.79. The van der Waals surface area contributed by atoms with Crippen LogP contribution in [0.4, 0.5) is 26.1 Å². The first-order valence-corrected chi connectivity index (χ1v) is 9.52. The molecule has 0 unspecified atom stereocenters. The molecule has 0 bridgehead atoms. The van der Waals surface area contributed by atoms with Crippen LogP contribution >= 0.6 is 0 Å². The van der Waals surface area contributed by atoms with Crippen molar-refractivity contribution in [3.05, 3.63) is 48.4 Å². The molecule has 0 spiro atoms. The molecular weight excluding hydrogens is 392 g/mol. The number of fused-ring (bicyclic) bond motifs is 1. The lowest BCUT2D eigenvalue weighted by molar-refractivity contribution is -0.0554. The zero-order valence-electron chi connectivity index (χ0n) is 16.0. The third kappa shape index (κ3) is 3.99. The molecule has 8 nitrogen and oxygen atoms in total. The van der Waals surface area contributed by atoms with Gasteiger partial charge < -0.3 is 22.1 Å². The Balaban J connectivity index is 1.62. The Kier molecular flexibility index (Phi) is 5.17. The lowest BCUT2D eigenvalue weighted by atomic mass is 9.87. The lowest BCUT2D eigenvalue weighted by Gasteiger charge is -2.36. The molecule has 4 rings (SSSR count). The average Bonchev–Trinajstić information content (AvgIpc) is 2.71. The number of hydrogen-bond acceptors (Lipinski definition) is 7. The Labute approximate surface area is 171 Å². The molecule has 1 aliphatic rings. The molecular formula is C20H21F2N7O. The second-order valence-electron chi connectivity index (χ2n) is 7.29. The zero-order valence-corrected chi connectivity index (χ0v) is 16.0. The SMILES string of the molecule is NC(=O)c1ncc(N[C@@H]2CCCC(F)(F)[C@@H]2N)nc1Nc1cnc2ccccc2c1. The van der Waals surface area contributed by atoms with Crippen molar-refractivity contribution >= 4 is 34.1 Å². The first-order chi connectivity index (χ1) is 14.3. The number of nitrogens with one attached hydrogen (secondary N) is 2. The summed E-state index contributed by atoms with van der Waals surface area (Å²) in [6, 6.07) is 7.37. The van der Waals surface area contributed by atoms with Crippen molar-refractivity contribution in [1.82, 2.24) is 15.0 Å². The highest BCUT2D eigenvalue weighted by molar-refractivity contribution is 5.96. The summed E-state index contributed by atoms with van der Waals surface area (Å²) in [5.74, 6) is -3.41. The zero-order chi connectivity index (χ0) is 21.3. The van der Waals surface area contributed by atoms with E-state index in [-0.39, 0.29) is 23.8 Å². The largest absolute Gasteiger partial charge is 0.364 e. The molecule has 0 radical (unpaired) electrons. The highest BCUT2D eigenvalue weighted by atomic mass is 19.3. The number of alkyl halides is 2. The molecule has 1 aromatic carbocycles. The van der Waals surface area contributed by atoms with E-state index in [0.717, 1.165) is 10.9 Å². The van der Waals surface area contributed by atoms with Gasteiger partial charge >= 0.3 is 0 Å². The van der Waals surface area contributed by atoms with Gasteiger partial charge in [-0.15, -0.1) is 0 Å². The molecule has 2 atom stereocenters. The van der Waals surface area contributed by atoms with Crippen LogP contribution in [0.3, 0.4) is 0 Å². The number of nitrogens with two attached hydrogens (primary N) is 2. The number of pyridine rings is 1. The Morgan fingerprint density at radius 3 is 2.80 bits per heavy atom. The number of primary amides is 1. The molecule has 3 aromatic rings. The number of hydrogen-bond donors (Lipinski definition) is 4. The number of nitrogens with zero attached hydrogens (tertiary/aromatic N) is 3. The van der Waals surface area contributed by atoms with Crippen LogP contribution < -0.4 is 22.1 Å². The van der Waals surface area contributed by atoms with Crippen molar-refractivity contribution < 1.29 is 13.6 Å². The number of carbonyl (C=O) groups excluding carboxylic acids is 1. The van der Waals surface area contributed by atoms with Gasteiger partial charge in [-0.05, 0) is 25.0 Å². The molecule has 0 saturated heterocycles. The second-order valence-corrected chi connectivity index (χ2v) is 7.29. The van der Waals surface area contributed by atoms with Crippen LogP contribution in [0.2, 0.25) is 0 Å². The smallest absolute Gasteiger partial charge is 0.271 e. The van der Waals surface area contributed by atoms with Gasteiger partial charge in [0.25, 0.3) is 11.8 Å². The van der Waals surface area contributed by atoms with E-state index < -0.39 is 23.9 Å². The molecule has 1 saturated carbocycles. The molecule has 1 aliphatic carbocycles. The quantitative estimate of drug-likeness (QED) is 0.506. The monoisotopic (exact) mass is 413 g/mol. The van der Waals surface area contributed by atoms with Gasteiger partial charge in [0.05, 0.1) is 29.6 Å². The fraction of sp³-hybridized carbons (Fsp3) is 0.300. The number of aromatic nitrogens is 3. The van der Waals surface area contributed by atoms with Gasteiger partial charge in [-0.1, -0.05) is 18.2 Å². The van der Waals surface area contributed by atoms with Crippen LogP contribution in [0.15, 0.2) is 42.7 Å². The first kappa shape index (κ1) is 19.9. The van der Waals surface area contributed by atoms with Gasteiger partial charge in [0.2, 0.25) is 0 Å². The summed E-state index contributed by atoms with van der Waals surface area (Å²) in [5.41, 5.74) is 12.5. The third-order valence-electron chi connectivity index (χ3n) is 5.14. The topological polar surface area (TPSA) is 132 Å². The van der Waals surface area contributed by atoms with Crippen molar-refractivity contribution in [3.8, 4) is 0 Å². The second kappa shape index (κ2) is 7.79. The Morgan fingerprint density at radius 1 is 1.20 bits per heavy atom. The van der Waals surface area contributed by atoms with Crippen LogP contribution in [0.5, 0.6) is 0 Å². The molecule has 30 heavy (non-hydrogen) atoms. The molecule has 10 heteroatoms. The van der Waals surface area contributed by atoms with E-state index in [1.807, 2.05) is 30.3 Å². The van der Waals surface area contributed by atoms with Gasteiger partial charge in [0.1, 0.15) is 5.82 Å². The van der Waals surface area contributed by atoms with Gasteiger partial charge in [-0.3, -0.25) is 9.78 Å². The van der Waals surface area contributed by atoms with E-state index in [2.05, 4.69) is 25.6 Å². The molecule has 6 N–H and O–H groups in total. The summed E-state index contributed by atoms with van der Waals surface area (Å²) >= 11 is 0. The summed E-state index contributed by atoms with van der Waals surface area (Å²) in [6.45, 7) is 0. The number of benzene rings is 1. The number of carbonyl (C=O) groups is 1. The minimum atomic E-state index is -2.95. The van der Waals surface area contributed by atoms with Crippen LogP contribution in [-0.2, 0) is 0 Å². The molecule has 1 amide bonds. The summed E-state index contributed by atoms with van der Waals surface area (Å²) < 4.78 is 27.9. The average molecular weight is 413 g/mol. The Morgan fingerprint density at radius 2 is 2.00 bits per heavy atom. The maximum absolute atomic E-state index is 13.9. The summed E-state index contributed by atoms with van der Waals surface area (Å²) in [4.78, 5) is 24.5. The van der Waals surface area contributed by atoms with Gasteiger partial charge in [0, 0.05) is 17.8 Å². The minimum Gasteiger partial charge on any atom is -0.364 e. The van der Waals surface area contributed by atoms with Crippen LogP contribution in [0.1, 0.15) is 29.8 Å². The van der Waals surface area contributed by atoms with Crippen LogP contribution in [0, 0.1) is 0 Å². The maximum atomic E-state index is 13.9. The number of rotatable bonds is 5. The molecule has 1 fully saturated rings. The van der Waals surface area contributed by atoms with Crippen molar-refractivity contribution in [1.29, 1.82) is 0 Å². The third-order valence-corrected chi connectivity index (χ3v) is 5.14. The molecule has 2 aromatic heterocycles. The molecule has 2 heterocycles. The number of amides is 1.